The summed E-state index contributed by atoms with van der Waals surface area (Å²) < 4.78 is 0. The summed E-state index contributed by atoms with van der Waals surface area (Å²) in [6, 6.07) is 7.88. The largest absolute Gasteiger partial charge is 0.296 e. The van der Waals surface area contributed by atoms with Crippen molar-refractivity contribution in [3.05, 3.63) is 29.8 Å². The van der Waals surface area contributed by atoms with Crippen molar-refractivity contribution < 1.29 is 9.59 Å². The van der Waals surface area contributed by atoms with E-state index in [1.54, 1.807) is 0 Å². The van der Waals surface area contributed by atoms with Crippen LogP contribution in [-0.2, 0) is 9.59 Å². The van der Waals surface area contributed by atoms with Gasteiger partial charge in [-0.05, 0) is 6.92 Å². The Morgan fingerprint density at radius 3 is 2.65 bits per heavy atom. The molecule has 2 aromatic rings. The maximum absolute atomic E-state index is 11.3. The van der Waals surface area contributed by atoms with Crippen LogP contribution in [0, 0.1) is 6.92 Å². The van der Waals surface area contributed by atoms with Crippen LogP contribution in [0.2, 0.25) is 0 Å². The number of H-pyrrole nitrogens is 1. The van der Waals surface area contributed by atoms with Crippen LogP contribution < -0.4 is 5.32 Å². The Morgan fingerprint density at radius 2 is 2.00 bits per heavy atom. The van der Waals surface area contributed by atoms with E-state index < -0.39 is 0 Å². The molecular weight excluding hydrogens is 276 g/mol. The fraction of sp³-hybridized carbons (Fsp3) is 0.231. The molecule has 0 spiro atoms. The lowest BCUT2D eigenvalue weighted by molar-refractivity contribution is -0.127. The average molecular weight is 290 g/mol. The van der Waals surface area contributed by atoms with E-state index in [0.717, 1.165) is 5.56 Å². The third kappa shape index (κ3) is 3.92. The number of carbonyl (C=O) groups is 2. The zero-order chi connectivity index (χ0) is 14.5. The second-order valence-corrected chi connectivity index (χ2v) is 5.17. The number of hydrogen-bond donors (Lipinski definition) is 2. The summed E-state index contributed by atoms with van der Waals surface area (Å²) in [4.78, 5) is 26.3. The van der Waals surface area contributed by atoms with E-state index in [9.17, 15) is 9.59 Å². The summed E-state index contributed by atoms with van der Waals surface area (Å²) >= 11 is 1.17. The van der Waals surface area contributed by atoms with Gasteiger partial charge in [-0.2, -0.15) is 0 Å². The second kappa shape index (κ2) is 6.33. The van der Waals surface area contributed by atoms with Gasteiger partial charge in [0.1, 0.15) is 0 Å². The highest BCUT2D eigenvalue weighted by Crippen LogP contribution is 2.19. The molecule has 2 N–H and O–H groups in total. The van der Waals surface area contributed by atoms with Crippen LogP contribution in [0.3, 0.4) is 0 Å². The molecule has 0 aliphatic carbocycles. The van der Waals surface area contributed by atoms with E-state index in [0.29, 0.717) is 11.0 Å². The number of thioether (sulfide) groups is 1. The summed E-state index contributed by atoms with van der Waals surface area (Å²) in [5, 5.41) is 9.52. The predicted octanol–water partition coefficient (Wildman–Crippen LogP) is 1.53. The molecule has 1 heterocycles. The van der Waals surface area contributed by atoms with Gasteiger partial charge in [0.2, 0.25) is 17.0 Å². The Labute approximate surface area is 120 Å². The van der Waals surface area contributed by atoms with Gasteiger partial charge >= 0.3 is 0 Å². The van der Waals surface area contributed by atoms with Gasteiger partial charge in [0, 0.05) is 12.5 Å². The SMILES string of the molecule is CC(=O)NC(=O)CSc1n[nH]c(-c2ccc(C)cc2)n1. The highest BCUT2D eigenvalue weighted by atomic mass is 32.2. The number of aromatic nitrogens is 3. The molecule has 0 saturated heterocycles. The predicted molar refractivity (Wildman–Crippen MR) is 76.1 cm³/mol. The van der Waals surface area contributed by atoms with Crippen LogP contribution >= 0.6 is 11.8 Å². The molecule has 0 atom stereocenters. The Kier molecular flexibility index (Phi) is 4.52. The van der Waals surface area contributed by atoms with Gasteiger partial charge in [0.25, 0.3) is 0 Å². The summed E-state index contributed by atoms with van der Waals surface area (Å²) in [7, 11) is 0. The number of nitrogens with one attached hydrogen (secondary N) is 2. The summed E-state index contributed by atoms with van der Waals surface area (Å²) in [6.45, 7) is 3.31. The number of nitrogens with zero attached hydrogens (tertiary/aromatic N) is 2. The highest BCUT2D eigenvalue weighted by molar-refractivity contribution is 7.99. The zero-order valence-corrected chi connectivity index (χ0v) is 12.0. The Morgan fingerprint density at radius 1 is 1.30 bits per heavy atom. The third-order valence-electron chi connectivity index (χ3n) is 2.44. The third-order valence-corrected chi connectivity index (χ3v) is 3.29. The van der Waals surface area contributed by atoms with Crippen molar-refractivity contribution in [3.8, 4) is 11.4 Å². The van der Waals surface area contributed by atoms with Gasteiger partial charge in [-0.3, -0.25) is 20.0 Å². The lowest BCUT2D eigenvalue weighted by Crippen LogP contribution is -2.29. The minimum atomic E-state index is -0.370. The van der Waals surface area contributed by atoms with E-state index in [4.69, 9.17) is 0 Å². The first-order valence-corrected chi connectivity index (χ1v) is 6.96. The van der Waals surface area contributed by atoms with Crippen molar-refractivity contribution in [2.24, 2.45) is 0 Å². The lowest BCUT2D eigenvalue weighted by atomic mass is 10.1. The van der Waals surface area contributed by atoms with E-state index in [1.165, 1.54) is 24.2 Å². The van der Waals surface area contributed by atoms with Crippen LogP contribution in [0.25, 0.3) is 11.4 Å². The molecule has 6 nitrogen and oxygen atoms in total. The number of aryl methyl sites for hydroxylation is 1. The standard InChI is InChI=1S/C13H14N4O2S/c1-8-3-5-10(6-4-8)12-15-13(17-16-12)20-7-11(19)14-9(2)18/h3-6H,7H2,1-2H3,(H,14,18,19)(H,15,16,17). The second-order valence-electron chi connectivity index (χ2n) is 4.23. The fourth-order valence-corrected chi connectivity index (χ4v) is 2.11. The number of carbonyl (C=O) groups excluding carboxylic acids is 2. The molecule has 0 fully saturated rings. The molecule has 0 aliphatic rings. The van der Waals surface area contributed by atoms with Crippen molar-refractivity contribution >= 4 is 23.6 Å². The molecule has 20 heavy (non-hydrogen) atoms. The first-order valence-electron chi connectivity index (χ1n) is 5.97. The minimum Gasteiger partial charge on any atom is -0.296 e. The number of benzene rings is 1. The minimum absolute atomic E-state index is 0.102. The average Bonchev–Trinajstić information content (AvgIpc) is 2.85. The number of rotatable bonds is 4. The number of imide groups is 1. The van der Waals surface area contributed by atoms with Gasteiger partial charge in [-0.15, -0.1) is 5.10 Å². The fourth-order valence-electron chi connectivity index (χ4n) is 1.51. The van der Waals surface area contributed by atoms with E-state index in [2.05, 4.69) is 20.5 Å². The monoisotopic (exact) mass is 290 g/mol. The first kappa shape index (κ1) is 14.3. The van der Waals surface area contributed by atoms with Crippen LogP contribution in [0.5, 0.6) is 0 Å². The van der Waals surface area contributed by atoms with E-state index >= 15 is 0 Å². The van der Waals surface area contributed by atoms with Gasteiger partial charge < -0.3 is 0 Å². The molecule has 0 saturated carbocycles. The summed E-state index contributed by atoms with van der Waals surface area (Å²) in [5.41, 5.74) is 2.10. The van der Waals surface area contributed by atoms with Gasteiger partial charge in [0.15, 0.2) is 5.82 Å². The maximum Gasteiger partial charge on any atom is 0.237 e. The molecule has 1 aromatic carbocycles. The van der Waals surface area contributed by atoms with Crippen LogP contribution in [0.1, 0.15) is 12.5 Å². The number of amides is 2. The van der Waals surface area contributed by atoms with Crippen molar-refractivity contribution in [1.82, 2.24) is 20.5 Å². The number of aromatic amines is 1. The summed E-state index contributed by atoms with van der Waals surface area (Å²) in [6.07, 6.45) is 0. The number of hydrogen-bond acceptors (Lipinski definition) is 5. The highest BCUT2D eigenvalue weighted by Gasteiger charge is 2.09. The molecule has 7 heteroatoms. The van der Waals surface area contributed by atoms with Crippen molar-refractivity contribution in [2.75, 3.05) is 5.75 Å². The first-order chi connectivity index (χ1) is 9.54. The van der Waals surface area contributed by atoms with E-state index in [-0.39, 0.29) is 17.6 Å². The molecule has 1 aromatic heterocycles. The van der Waals surface area contributed by atoms with E-state index in [1.807, 2.05) is 31.2 Å². The topological polar surface area (TPSA) is 87.7 Å². The van der Waals surface area contributed by atoms with Crippen molar-refractivity contribution in [2.45, 2.75) is 19.0 Å². The van der Waals surface area contributed by atoms with Crippen LogP contribution in [-0.4, -0.2) is 32.7 Å². The molecule has 0 radical (unpaired) electrons. The zero-order valence-electron chi connectivity index (χ0n) is 11.1. The molecule has 0 bridgehead atoms. The molecule has 104 valence electrons. The van der Waals surface area contributed by atoms with Crippen LogP contribution in [0.15, 0.2) is 29.4 Å². The molecule has 2 rings (SSSR count). The quantitative estimate of drug-likeness (QED) is 0.834. The normalized spacial score (nSPS) is 10.3. The van der Waals surface area contributed by atoms with Crippen molar-refractivity contribution in [1.29, 1.82) is 0 Å². The molecular formula is C13H14N4O2S. The van der Waals surface area contributed by atoms with Gasteiger partial charge in [0.05, 0.1) is 5.75 Å². The molecule has 0 unspecified atom stereocenters. The molecule has 2 amide bonds. The molecule has 0 aliphatic heterocycles. The Balaban J connectivity index is 1.97. The lowest BCUT2D eigenvalue weighted by Gasteiger charge is -1.98. The Hall–Kier alpha value is -2.15. The maximum atomic E-state index is 11.3. The summed E-state index contributed by atoms with van der Waals surface area (Å²) in [5.74, 6) is 0.0275. The van der Waals surface area contributed by atoms with Gasteiger partial charge in [-0.1, -0.05) is 41.6 Å². The van der Waals surface area contributed by atoms with Gasteiger partial charge in [-0.25, -0.2) is 4.98 Å². The Bertz CT molecular complexity index is 622. The smallest absolute Gasteiger partial charge is 0.237 e. The van der Waals surface area contributed by atoms with Crippen LogP contribution in [0.4, 0.5) is 0 Å². The van der Waals surface area contributed by atoms with Crippen molar-refractivity contribution in [3.63, 3.8) is 0 Å².